The predicted molar refractivity (Wildman–Crippen MR) is 81.9 cm³/mol. The number of ether oxygens (including phenoxy) is 1. The first-order chi connectivity index (χ1) is 9.74. The van der Waals surface area contributed by atoms with Gasteiger partial charge in [0.2, 0.25) is 5.91 Å². The maximum Gasteiger partial charge on any atom is 0.227 e. The van der Waals surface area contributed by atoms with Crippen molar-refractivity contribution in [3.63, 3.8) is 0 Å². The number of hydrogen-bond acceptors (Lipinski definition) is 4. The Labute approximate surface area is 124 Å². The van der Waals surface area contributed by atoms with Crippen molar-refractivity contribution in [3.05, 3.63) is 21.9 Å². The highest BCUT2D eigenvalue weighted by Crippen LogP contribution is 2.18. The molecule has 1 amide bonds. The number of nitrogens with one attached hydrogen (secondary N) is 2. The van der Waals surface area contributed by atoms with E-state index < -0.39 is 0 Å². The van der Waals surface area contributed by atoms with Crippen LogP contribution < -0.4 is 10.6 Å². The van der Waals surface area contributed by atoms with Crippen molar-refractivity contribution in [2.24, 2.45) is 5.92 Å². The zero-order valence-electron chi connectivity index (χ0n) is 12.3. The lowest BCUT2D eigenvalue weighted by Gasteiger charge is -2.18. The normalized spacial score (nSPS) is 22.1. The van der Waals surface area contributed by atoms with Gasteiger partial charge in [-0.05, 0) is 31.5 Å². The molecule has 0 aromatic carbocycles. The Balaban J connectivity index is 1.81. The summed E-state index contributed by atoms with van der Waals surface area (Å²) < 4.78 is 5.44. The molecular weight excluding hydrogens is 272 g/mol. The lowest BCUT2D eigenvalue weighted by Crippen LogP contribution is -2.43. The number of rotatable bonds is 7. The molecule has 1 fully saturated rings. The number of carbonyl (C=O) groups excluding carboxylic acids is 1. The van der Waals surface area contributed by atoms with Crippen molar-refractivity contribution in [1.82, 2.24) is 10.6 Å². The van der Waals surface area contributed by atoms with Crippen LogP contribution in [0.2, 0.25) is 0 Å². The molecule has 1 aromatic heterocycles. The van der Waals surface area contributed by atoms with Crippen molar-refractivity contribution < 1.29 is 9.53 Å². The molecule has 0 radical (unpaired) electrons. The second-order valence-electron chi connectivity index (χ2n) is 5.14. The van der Waals surface area contributed by atoms with Crippen LogP contribution in [-0.2, 0) is 22.5 Å². The highest BCUT2D eigenvalue weighted by Gasteiger charge is 2.33. The van der Waals surface area contributed by atoms with Gasteiger partial charge in [0.15, 0.2) is 0 Å². The minimum absolute atomic E-state index is 0.0628. The van der Waals surface area contributed by atoms with E-state index in [4.69, 9.17) is 4.74 Å². The van der Waals surface area contributed by atoms with Gasteiger partial charge in [-0.15, -0.1) is 11.3 Å². The predicted octanol–water partition coefficient (Wildman–Crippen LogP) is 1.94. The van der Waals surface area contributed by atoms with Gasteiger partial charge in [-0.3, -0.25) is 4.79 Å². The molecule has 2 atom stereocenters. The van der Waals surface area contributed by atoms with Crippen molar-refractivity contribution in [2.45, 2.75) is 39.3 Å². The summed E-state index contributed by atoms with van der Waals surface area (Å²) in [5.74, 6) is 0.0368. The summed E-state index contributed by atoms with van der Waals surface area (Å²) in [6, 6.07) is 4.39. The average Bonchev–Trinajstić information content (AvgIpc) is 3.11. The van der Waals surface area contributed by atoms with E-state index in [-0.39, 0.29) is 17.9 Å². The summed E-state index contributed by atoms with van der Waals surface area (Å²) in [6.45, 7) is 6.99. The van der Waals surface area contributed by atoms with Gasteiger partial charge in [0.25, 0.3) is 0 Å². The molecule has 1 aromatic rings. The van der Waals surface area contributed by atoms with Crippen LogP contribution in [0.5, 0.6) is 0 Å². The Kier molecular flexibility index (Phi) is 6.01. The number of aryl methyl sites for hydroxylation is 1. The first kappa shape index (κ1) is 15.5. The van der Waals surface area contributed by atoms with Crippen LogP contribution >= 0.6 is 11.3 Å². The van der Waals surface area contributed by atoms with Gasteiger partial charge in [-0.1, -0.05) is 13.8 Å². The van der Waals surface area contributed by atoms with Crippen LogP contribution in [0, 0.1) is 5.92 Å². The van der Waals surface area contributed by atoms with Crippen LogP contribution in [0.25, 0.3) is 0 Å². The lowest BCUT2D eigenvalue weighted by atomic mass is 10.0. The van der Waals surface area contributed by atoms with E-state index in [9.17, 15) is 4.79 Å². The second kappa shape index (κ2) is 7.76. The molecule has 2 heterocycles. The number of carbonyl (C=O) groups is 1. The number of thiophene rings is 1. The Hall–Kier alpha value is -0.910. The molecule has 0 bridgehead atoms. The molecule has 4 nitrogen and oxygen atoms in total. The summed E-state index contributed by atoms with van der Waals surface area (Å²) in [5.41, 5.74) is 0. The molecule has 2 rings (SSSR count). The van der Waals surface area contributed by atoms with Crippen LogP contribution in [0.3, 0.4) is 0 Å². The van der Waals surface area contributed by atoms with Crippen LogP contribution in [-0.4, -0.2) is 31.7 Å². The van der Waals surface area contributed by atoms with Crippen molar-refractivity contribution in [2.75, 3.05) is 19.8 Å². The second-order valence-corrected chi connectivity index (χ2v) is 6.40. The zero-order chi connectivity index (χ0) is 14.4. The number of hydrogen-bond donors (Lipinski definition) is 2. The highest BCUT2D eigenvalue weighted by molar-refractivity contribution is 7.11. The van der Waals surface area contributed by atoms with E-state index in [1.54, 1.807) is 11.3 Å². The van der Waals surface area contributed by atoms with Crippen LogP contribution in [0.15, 0.2) is 12.1 Å². The van der Waals surface area contributed by atoms with Gasteiger partial charge < -0.3 is 15.4 Å². The minimum atomic E-state index is -0.0628. The fourth-order valence-electron chi connectivity index (χ4n) is 2.36. The molecule has 2 unspecified atom stereocenters. The average molecular weight is 296 g/mol. The van der Waals surface area contributed by atoms with E-state index in [0.717, 1.165) is 19.4 Å². The van der Waals surface area contributed by atoms with E-state index in [1.165, 1.54) is 9.75 Å². The topological polar surface area (TPSA) is 50.4 Å². The van der Waals surface area contributed by atoms with Gasteiger partial charge in [0.1, 0.15) is 0 Å². The first-order valence-electron chi connectivity index (χ1n) is 7.41. The summed E-state index contributed by atoms with van der Waals surface area (Å²) in [6.07, 6.45) is 2.12. The Morgan fingerprint density at radius 2 is 2.15 bits per heavy atom. The van der Waals surface area contributed by atoms with E-state index >= 15 is 0 Å². The third kappa shape index (κ3) is 4.04. The summed E-state index contributed by atoms with van der Waals surface area (Å²) >= 11 is 1.77. The minimum Gasteiger partial charge on any atom is -0.379 e. The number of amides is 1. The standard InChI is InChI=1S/C15H24N2O2S/c1-3-7-16-14-10-19-9-13(14)15(18)17-8-12-6-5-11(4-2)20-12/h5-6,13-14,16H,3-4,7-10H2,1-2H3,(H,17,18). The smallest absolute Gasteiger partial charge is 0.227 e. The van der Waals surface area contributed by atoms with Gasteiger partial charge in [-0.25, -0.2) is 0 Å². The van der Waals surface area contributed by atoms with Crippen molar-refractivity contribution in [1.29, 1.82) is 0 Å². The molecule has 112 valence electrons. The maximum absolute atomic E-state index is 12.2. The molecule has 1 aliphatic heterocycles. The van der Waals surface area contributed by atoms with E-state index in [2.05, 4.69) is 36.6 Å². The molecule has 0 spiro atoms. The first-order valence-corrected chi connectivity index (χ1v) is 8.22. The Morgan fingerprint density at radius 1 is 1.35 bits per heavy atom. The van der Waals surface area contributed by atoms with Gasteiger partial charge >= 0.3 is 0 Å². The molecule has 0 aliphatic carbocycles. The SMILES string of the molecule is CCCNC1COCC1C(=O)NCc1ccc(CC)s1. The third-order valence-corrected chi connectivity index (χ3v) is 4.81. The fourth-order valence-corrected chi connectivity index (χ4v) is 3.25. The Bertz CT molecular complexity index is 433. The van der Waals surface area contributed by atoms with Gasteiger partial charge in [0, 0.05) is 15.8 Å². The molecule has 1 aliphatic rings. The van der Waals surface area contributed by atoms with Crippen LogP contribution in [0.4, 0.5) is 0 Å². The molecule has 1 saturated heterocycles. The fraction of sp³-hybridized carbons (Fsp3) is 0.667. The van der Waals surface area contributed by atoms with E-state index in [0.29, 0.717) is 19.8 Å². The summed E-state index contributed by atoms with van der Waals surface area (Å²) in [4.78, 5) is 14.8. The van der Waals surface area contributed by atoms with E-state index in [1.807, 2.05) is 0 Å². The largest absolute Gasteiger partial charge is 0.379 e. The summed E-state index contributed by atoms with van der Waals surface area (Å²) in [5, 5.41) is 6.43. The highest BCUT2D eigenvalue weighted by atomic mass is 32.1. The maximum atomic E-state index is 12.2. The van der Waals surface area contributed by atoms with Gasteiger partial charge in [0.05, 0.1) is 25.7 Å². The molecule has 5 heteroatoms. The molecule has 20 heavy (non-hydrogen) atoms. The lowest BCUT2D eigenvalue weighted by molar-refractivity contribution is -0.125. The zero-order valence-corrected chi connectivity index (χ0v) is 13.1. The van der Waals surface area contributed by atoms with Gasteiger partial charge in [-0.2, -0.15) is 0 Å². The molecule has 2 N–H and O–H groups in total. The quantitative estimate of drug-likeness (QED) is 0.808. The third-order valence-electron chi connectivity index (χ3n) is 3.58. The van der Waals surface area contributed by atoms with Crippen molar-refractivity contribution in [3.8, 4) is 0 Å². The monoisotopic (exact) mass is 296 g/mol. The van der Waals surface area contributed by atoms with Crippen LogP contribution in [0.1, 0.15) is 30.0 Å². The summed E-state index contributed by atoms with van der Waals surface area (Å²) in [7, 11) is 0. The molecule has 0 saturated carbocycles. The molecular formula is C15H24N2O2S. The Morgan fingerprint density at radius 3 is 2.85 bits per heavy atom. The van der Waals surface area contributed by atoms with Crippen molar-refractivity contribution >= 4 is 17.2 Å².